The molecule has 2 N–H and O–H groups in total. The minimum absolute atomic E-state index is 0. The molecule has 146 valence electrons. The number of carbonyl (C=O) groups is 1. The summed E-state index contributed by atoms with van der Waals surface area (Å²) < 4.78 is 5.42. The van der Waals surface area contributed by atoms with E-state index in [2.05, 4.69) is 29.5 Å². The van der Waals surface area contributed by atoms with Gasteiger partial charge in [0, 0.05) is 39.4 Å². The Kier molecular flexibility index (Phi) is 9.48. The molecular formula is C18H35IN4O2. The fourth-order valence-corrected chi connectivity index (χ4v) is 3.19. The summed E-state index contributed by atoms with van der Waals surface area (Å²) in [5, 5.41) is 7.07. The average Bonchev–Trinajstić information content (AvgIpc) is 2.55. The van der Waals surface area contributed by atoms with Gasteiger partial charge in [0.05, 0.1) is 0 Å². The van der Waals surface area contributed by atoms with E-state index in [-0.39, 0.29) is 36.4 Å². The highest BCUT2D eigenvalue weighted by Gasteiger charge is 2.27. The largest absolute Gasteiger partial charge is 0.381 e. The van der Waals surface area contributed by atoms with Crippen molar-refractivity contribution in [2.75, 3.05) is 33.9 Å². The second-order valence-corrected chi connectivity index (χ2v) is 8.07. The molecule has 1 saturated heterocycles. The summed E-state index contributed by atoms with van der Waals surface area (Å²) in [6, 6.07) is 0.818. The highest BCUT2D eigenvalue weighted by atomic mass is 127. The summed E-state index contributed by atoms with van der Waals surface area (Å²) in [6.07, 6.45) is 6.74. The van der Waals surface area contributed by atoms with E-state index >= 15 is 0 Å². The molecule has 2 fully saturated rings. The number of nitrogens with one attached hydrogen (secondary N) is 2. The fraction of sp³-hybridized carbons (Fsp3) is 0.889. The summed E-state index contributed by atoms with van der Waals surface area (Å²) in [5.74, 6) is 0.801. The number of guanidine groups is 1. The number of hydrogen-bond donors (Lipinski definition) is 2. The third-order valence-corrected chi connectivity index (χ3v) is 5.11. The fourth-order valence-electron chi connectivity index (χ4n) is 3.19. The molecule has 0 unspecified atom stereocenters. The molecule has 0 aromatic heterocycles. The first kappa shape index (κ1) is 22.5. The van der Waals surface area contributed by atoms with Crippen molar-refractivity contribution in [3.63, 3.8) is 0 Å². The zero-order valence-corrected chi connectivity index (χ0v) is 18.5. The zero-order chi connectivity index (χ0) is 17.6. The Morgan fingerprint density at radius 2 is 1.60 bits per heavy atom. The van der Waals surface area contributed by atoms with Gasteiger partial charge in [0.2, 0.25) is 5.91 Å². The van der Waals surface area contributed by atoms with Gasteiger partial charge in [-0.05, 0) is 43.9 Å². The summed E-state index contributed by atoms with van der Waals surface area (Å²) >= 11 is 0. The third-order valence-electron chi connectivity index (χ3n) is 5.11. The van der Waals surface area contributed by atoms with Gasteiger partial charge in [0.25, 0.3) is 0 Å². The van der Waals surface area contributed by atoms with E-state index < -0.39 is 0 Å². The van der Waals surface area contributed by atoms with Gasteiger partial charge >= 0.3 is 0 Å². The summed E-state index contributed by atoms with van der Waals surface area (Å²) in [4.78, 5) is 18.0. The van der Waals surface area contributed by atoms with E-state index in [4.69, 9.17) is 4.74 Å². The number of ether oxygens (including phenoxy) is 1. The van der Waals surface area contributed by atoms with Gasteiger partial charge in [-0.15, -0.1) is 24.0 Å². The number of hydrogen-bond acceptors (Lipinski definition) is 3. The van der Waals surface area contributed by atoms with E-state index in [1.165, 1.54) is 12.8 Å². The molecule has 0 aromatic carbocycles. The first-order valence-corrected chi connectivity index (χ1v) is 9.21. The Labute approximate surface area is 169 Å². The summed E-state index contributed by atoms with van der Waals surface area (Å²) in [5.41, 5.74) is 0.449. The molecule has 1 aliphatic carbocycles. The number of rotatable bonds is 4. The number of amides is 1. The van der Waals surface area contributed by atoms with Crippen molar-refractivity contribution in [3.8, 4) is 0 Å². The Bertz CT molecular complexity index is 438. The zero-order valence-electron chi connectivity index (χ0n) is 16.1. The van der Waals surface area contributed by atoms with Gasteiger partial charge in [-0.1, -0.05) is 13.8 Å². The Balaban J connectivity index is 0.00000312. The lowest BCUT2D eigenvalue weighted by Gasteiger charge is -2.36. The van der Waals surface area contributed by atoms with Crippen molar-refractivity contribution in [2.24, 2.45) is 10.4 Å². The van der Waals surface area contributed by atoms with Crippen LogP contribution in [0.15, 0.2) is 4.99 Å². The predicted octanol–water partition coefficient (Wildman–Crippen LogP) is 2.38. The molecule has 2 rings (SSSR count). The Morgan fingerprint density at radius 3 is 2.12 bits per heavy atom. The number of carbonyl (C=O) groups excluding carboxylic acids is 1. The lowest BCUT2D eigenvalue weighted by molar-refractivity contribution is -0.127. The molecule has 1 aliphatic heterocycles. The molecule has 1 heterocycles. The van der Waals surface area contributed by atoms with Crippen molar-refractivity contribution >= 4 is 35.8 Å². The molecule has 0 radical (unpaired) electrons. The highest BCUT2D eigenvalue weighted by Crippen LogP contribution is 2.34. The minimum Gasteiger partial charge on any atom is -0.381 e. The monoisotopic (exact) mass is 466 g/mol. The Hall–Kier alpha value is -0.570. The maximum absolute atomic E-state index is 11.9. The van der Waals surface area contributed by atoms with Gasteiger partial charge in [0.1, 0.15) is 6.54 Å². The molecule has 1 amide bonds. The van der Waals surface area contributed by atoms with Crippen LogP contribution in [0.25, 0.3) is 0 Å². The van der Waals surface area contributed by atoms with Crippen molar-refractivity contribution in [2.45, 2.75) is 64.5 Å². The van der Waals surface area contributed by atoms with Crippen LogP contribution in [0.4, 0.5) is 0 Å². The van der Waals surface area contributed by atoms with Gasteiger partial charge in [0.15, 0.2) is 5.96 Å². The van der Waals surface area contributed by atoms with Crippen molar-refractivity contribution < 1.29 is 9.53 Å². The topological polar surface area (TPSA) is 66.0 Å². The number of halogens is 1. The van der Waals surface area contributed by atoms with Crippen LogP contribution in [-0.2, 0) is 9.53 Å². The lowest BCUT2D eigenvalue weighted by Crippen LogP contribution is -2.50. The molecule has 7 heteroatoms. The Morgan fingerprint density at radius 1 is 1.08 bits per heavy atom. The van der Waals surface area contributed by atoms with Gasteiger partial charge in [-0.2, -0.15) is 0 Å². The van der Waals surface area contributed by atoms with Crippen LogP contribution in [0.1, 0.15) is 52.4 Å². The van der Waals surface area contributed by atoms with E-state index in [0.29, 0.717) is 17.5 Å². The standard InChI is InChI=1S/C18H34N4O2.HI/c1-18(2)9-5-14(6-10-18)20-17(19-13-16(23)22(3)4)21-15-7-11-24-12-8-15;/h14-15H,5-13H2,1-4H3,(H2,19,20,21);1H. The van der Waals surface area contributed by atoms with Crippen molar-refractivity contribution in [1.29, 1.82) is 0 Å². The average molecular weight is 466 g/mol. The highest BCUT2D eigenvalue weighted by molar-refractivity contribution is 14.0. The molecule has 0 bridgehead atoms. The minimum atomic E-state index is 0. The van der Waals surface area contributed by atoms with Gasteiger partial charge < -0.3 is 20.3 Å². The second kappa shape index (κ2) is 10.5. The summed E-state index contributed by atoms with van der Waals surface area (Å²) in [6.45, 7) is 6.45. The number of likely N-dealkylation sites (N-methyl/N-ethyl adjacent to an activating group) is 1. The van der Waals surface area contributed by atoms with E-state index in [1.807, 2.05) is 0 Å². The van der Waals surface area contributed by atoms with Crippen LogP contribution in [-0.4, -0.2) is 62.7 Å². The van der Waals surface area contributed by atoms with Gasteiger partial charge in [-0.25, -0.2) is 4.99 Å². The maximum Gasteiger partial charge on any atom is 0.243 e. The van der Waals surface area contributed by atoms with Crippen molar-refractivity contribution in [3.05, 3.63) is 0 Å². The molecule has 0 aromatic rings. The number of nitrogens with zero attached hydrogens (tertiary/aromatic N) is 2. The van der Waals surface area contributed by atoms with Crippen LogP contribution in [0, 0.1) is 5.41 Å². The van der Waals surface area contributed by atoms with Crippen LogP contribution in [0.2, 0.25) is 0 Å². The van der Waals surface area contributed by atoms with Crippen LogP contribution < -0.4 is 10.6 Å². The SMILES string of the molecule is CN(C)C(=O)CN=C(NC1CCOCC1)NC1CCC(C)(C)CC1.I. The van der Waals surface area contributed by atoms with E-state index in [9.17, 15) is 4.79 Å². The first-order valence-electron chi connectivity index (χ1n) is 9.21. The molecule has 6 nitrogen and oxygen atoms in total. The lowest BCUT2D eigenvalue weighted by atomic mass is 9.75. The first-order chi connectivity index (χ1) is 11.4. The third kappa shape index (κ3) is 8.11. The molecule has 1 saturated carbocycles. The van der Waals surface area contributed by atoms with Crippen LogP contribution in [0.3, 0.4) is 0 Å². The summed E-state index contributed by atoms with van der Waals surface area (Å²) in [7, 11) is 3.53. The maximum atomic E-state index is 11.9. The molecule has 0 spiro atoms. The predicted molar refractivity (Wildman–Crippen MR) is 113 cm³/mol. The van der Waals surface area contributed by atoms with E-state index in [1.54, 1.807) is 19.0 Å². The molecule has 2 aliphatic rings. The molecule has 25 heavy (non-hydrogen) atoms. The molecular weight excluding hydrogens is 431 g/mol. The second-order valence-electron chi connectivity index (χ2n) is 8.07. The molecule has 0 atom stereocenters. The van der Waals surface area contributed by atoms with Crippen LogP contribution in [0.5, 0.6) is 0 Å². The quantitative estimate of drug-likeness (QED) is 0.380. The van der Waals surface area contributed by atoms with E-state index in [0.717, 1.165) is 44.9 Å². The smallest absolute Gasteiger partial charge is 0.243 e. The normalized spacial score (nSPS) is 22.0. The van der Waals surface area contributed by atoms with Gasteiger partial charge in [-0.3, -0.25) is 4.79 Å². The number of aliphatic imine (C=N–C) groups is 1. The van der Waals surface area contributed by atoms with Crippen LogP contribution >= 0.6 is 24.0 Å². The van der Waals surface area contributed by atoms with Crippen molar-refractivity contribution in [1.82, 2.24) is 15.5 Å².